The van der Waals surface area contributed by atoms with Gasteiger partial charge >= 0.3 is 0 Å². The predicted octanol–water partition coefficient (Wildman–Crippen LogP) is 3.19. The Bertz CT molecular complexity index is 711. The van der Waals surface area contributed by atoms with Crippen LogP contribution in [0.1, 0.15) is 42.6 Å². The molecule has 1 aliphatic carbocycles. The Hall–Kier alpha value is -2.41. The van der Waals surface area contributed by atoms with Crippen LogP contribution >= 0.6 is 0 Å². The Morgan fingerprint density at radius 3 is 2.67 bits per heavy atom. The average molecular weight is 279 g/mol. The summed E-state index contributed by atoms with van der Waals surface area (Å²) in [6.07, 6.45) is 4.55. The van der Waals surface area contributed by atoms with Gasteiger partial charge in [-0.1, -0.05) is 43.5 Å². The molecule has 1 N–H and O–H groups in total. The molecule has 1 heterocycles. The third-order valence-electron chi connectivity index (χ3n) is 4.10. The van der Waals surface area contributed by atoms with Gasteiger partial charge in [0.15, 0.2) is 0 Å². The van der Waals surface area contributed by atoms with Crippen LogP contribution in [0.3, 0.4) is 0 Å². The van der Waals surface area contributed by atoms with Crippen molar-refractivity contribution in [1.29, 1.82) is 5.26 Å². The van der Waals surface area contributed by atoms with Crippen molar-refractivity contribution in [2.45, 2.75) is 37.6 Å². The molecule has 0 aliphatic heterocycles. The number of nitriles is 1. The van der Waals surface area contributed by atoms with E-state index in [-0.39, 0.29) is 5.91 Å². The van der Waals surface area contributed by atoms with E-state index in [0.29, 0.717) is 5.69 Å². The molecule has 0 radical (unpaired) electrons. The van der Waals surface area contributed by atoms with Crippen molar-refractivity contribution in [3.8, 4) is 6.07 Å². The van der Waals surface area contributed by atoms with Crippen molar-refractivity contribution in [3.05, 3.63) is 42.1 Å². The van der Waals surface area contributed by atoms with Crippen LogP contribution in [0.15, 0.2) is 36.4 Å². The van der Waals surface area contributed by atoms with Crippen molar-refractivity contribution in [2.75, 3.05) is 0 Å². The largest absolute Gasteiger partial charge is 0.332 e. The SMILES string of the molecule is N#CC1(NC(=O)c2ccc3ccccc3n2)CCCCC1. The zero-order chi connectivity index (χ0) is 14.7. The van der Waals surface area contributed by atoms with Crippen LogP contribution in [0.5, 0.6) is 0 Å². The van der Waals surface area contributed by atoms with Crippen molar-refractivity contribution < 1.29 is 4.79 Å². The van der Waals surface area contributed by atoms with Crippen LogP contribution in [0.25, 0.3) is 10.9 Å². The fraction of sp³-hybridized carbons (Fsp3) is 0.353. The van der Waals surface area contributed by atoms with Gasteiger partial charge in [0.25, 0.3) is 5.91 Å². The second-order valence-electron chi connectivity index (χ2n) is 5.60. The highest BCUT2D eigenvalue weighted by Crippen LogP contribution is 2.27. The number of pyridine rings is 1. The van der Waals surface area contributed by atoms with E-state index < -0.39 is 5.54 Å². The zero-order valence-corrected chi connectivity index (χ0v) is 11.8. The normalized spacial score (nSPS) is 17.1. The number of carbonyl (C=O) groups excluding carboxylic acids is 1. The number of para-hydroxylation sites is 1. The Morgan fingerprint density at radius 2 is 1.90 bits per heavy atom. The predicted molar refractivity (Wildman–Crippen MR) is 80.6 cm³/mol. The van der Waals surface area contributed by atoms with Crippen LogP contribution in [-0.4, -0.2) is 16.4 Å². The summed E-state index contributed by atoms with van der Waals surface area (Å²) in [4.78, 5) is 16.8. The molecule has 1 fully saturated rings. The van der Waals surface area contributed by atoms with Crippen LogP contribution < -0.4 is 5.32 Å². The average Bonchev–Trinajstić information content (AvgIpc) is 2.55. The smallest absolute Gasteiger partial charge is 0.271 e. The van der Waals surface area contributed by atoms with Gasteiger partial charge in [0.1, 0.15) is 11.2 Å². The third-order valence-corrected chi connectivity index (χ3v) is 4.10. The van der Waals surface area contributed by atoms with Crippen molar-refractivity contribution in [3.63, 3.8) is 0 Å². The lowest BCUT2D eigenvalue weighted by Crippen LogP contribution is -2.48. The fourth-order valence-electron chi connectivity index (χ4n) is 2.89. The highest BCUT2D eigenvalue weighted by atomic mass is 16.2. The summed E-state index contributed by atoms with van der Waals surface area (Å²) in [5, 5.41) is 13.3. The molecule has 2 aromatic rings. The van der Waals surface area contributed by atoms with Gasteiger partial charge in [0.05, 0.1) is 11.6 Å². The molecule has 21 heavy (non-hydrogen) atoms. The van der Waals surface area contributed by atoms with Crippen LogP contribution in [0.2, 0.25) is 0 Å². The topological polar surface area (TPSA) is 65.8 Å². The number of benzene rings is 1. The van der Waals surface area contributed by atoms with E-state index >= 15 is 0 Å². The Kier molecular flexibility index (Phi) is 3.57. The minimum atomic E-state index is -0.720. The highest BCUT2D eigenvalue weighted by molar-refractivity contribution is 5.95. The van der Waals surface area contributed by atoms with Crippen LogP contribution in [0.4, 0.5) is 0 Å². The summed E-state index contributed by atoms with van der Waals surface area (Å²) in [5.74, 6) is -0.260. The maximum atomic E-state index is 12.4. The van der Waals surface area contributed by atoms with Crippen molar-refractivity contribution in [1.82, 2.24) is 10.3 Å². The molecule has 0 bridgehead atoms. The van der Waals surface area contributed by atoms with E-state index in [1.807, 2.05) is 30.3 Å². The molecule has 4 nitrogen and oxygen atoms in total. The molecule has 1 aliphatic rings. The summed E-state index contributed by atoms with van der Waals surface area (Å²) in [6, 6.07) is 13.6. The van der Waals surface area contributed by atoms with E-state index in [1.165, 1.54) is 0 Å². The molecule has 0 atom stereocenters. The summed E-state index contributed by atoms with van der Waals surface area (Å²) in [6.45, 7) is 0. The first-order chi connectivity index (χ1) is 10.2. The fourth-order valence-corrected chi connectivity index (χ4v) is 2.89. The molecule has 3 rings (SSSR count). The Balaban J connectivity index is 1.85. The summed E-state index contributed by atoms with van der Waals surface area (Å²) >= 11 is 0. The number of amides is 1. The first-order valence-corrected chi connectivity index (χ1v) is 7.32. The Labute approximate surface area is 123 Å². The van der Waals surface area contributed by atoms with E-state index in [0.717, 1.165) is 43.0 Å². The lowest BCUT2D eigenvalue weighted by Gasteiger charge is -2.31. The molecular weight excluding hydrogens is 262 g/mol. The minimum Gasteiger partial charge on any atom is -0.332 e. The molecule has 0 saturated heterocycles. The quantitative estimate of drug-likeness (QED) is 0.918. The second-order valence-corrected chi connectivity index (χ2v) is 5.60. The zero-order valence-electron chi connectivity index (χ0n) is 11.8. The maximum absolute atomic E-state index is 12.4. The molecule has 4 heteroatoms. The number of hydrogen-bond donors (Lipinski definition) is 1. The molecule has 0 spiro atoms. The van der Waals surface area contributed by atoms with Gasteiger partial charge < -0.3 is 5.32 Å². The van der Waals surface area contributed by atoms with Gasteiger partial charge in [-0.25, -0.2) is 4.98 Å². The monoisotopic (exact) mass is 279 g/mol. The molecule has 0 unspecified atom stereocenters. The van der Waals surface area contributed by atoms with Crippen LogP contribution in [0, 0.1) is 11.3 Å². The number of hydrogen-bond acceptors (Lipinski definition) is 3. The van der Waals surface area contributed by atoms with Gasteiger partial charge in [-0.15, -0.1) is 0 Å². The van der Waals surface area contributed by atoms with E-state index in [9.17, 15) is 10.1 Å². The maximum Gasteiger partial charge on any atom is 0.271 e. The highest BCUT2D eigenvalue weighted by Gasteiger charge is 2.34. The number of aromatic nitrogens is 1. The van der Waals surface area contributed by atoms with Crippen molar-refractivity contribution >= 4 is 16.8 Å². The number of nitrogens with zero attached hydrogens (tertiary/aromatic N) is 2. The number of rotatable bonds is 2. The third kappa shape index (κ3) is 2.73. The first kappa shape index (κ1) is 13.6. The Morgan fingerprint density at radius 1 is 1.14 bits per heavy atom. The second kappa shape index (κ2) is 5.53. The number of carbonyl (C=O) groups is 1. The minimum absolute atomic E-state index is 0.260. The first-order valence-electron chi connectivity index (χ1n) is 7.32. The molecule has 106 valence electrons. The summed E-state index contributed by atoms with van der Waals surface area (Å²) in [7, 11) is 0. The molecule has 1 amide bonds. The van der Waals surface area contributed by atoms with Crippen LogP contribution in [-0.2, 0) is 0 Å². The lowest BCUT2D eigenvalue weighted by atomic mass is 9.83. The molecular formula is C17H17N3O. The molecule has 1 aromatic heterocycles. The summed E-state index contributed by atoms with van der Waals surface area (Å²) in [5.41, 5.74) is 0.441. The molecule has 1 aromatic carbocycles. The number of nitrogens with one attached hydrogen (secondary N) is 1. The number of fused-ring (bicyclic) bond motifs is 1. The van der Waals surface area contributed by atoms with Gasteiger partial charge in [-0.2, -0.15) is 5.26 Å². The summed E-state index contributed by atoms with van der Waals surface area (Å²) < 4.78 is 0. The lowest BCUT2D eigenvalue weighted by molar-refractivity contribution is 0.0898. The van der Waals surface area contributed by atoms with Gasteiger partial charge in [-0.05, 0) is 25.0 Å². The van der Waals surface area contributed by atoms with Gasteiger partial charge in [-0.3, -0.25) is 4.79 Å². The van der Waals surface area contributed by atoms with E-state index in [2.05, 4.69) is 16.4 Å². The van der Waals surface area contributed by atoms with Gasteiger partial charge in [0.2, 0.25) is 0 Å². The molecule has 1 saturated carbocycles. The van der Waals surface area contributed by atoms with E-state index in [4.69, 9.17) is 0 Å². The standard InChI is InChI=1S/C17H17N3O/c18-12-17(10-4-1-5-11-17)20-16(21)15-9-8-13-6-2-3-7-14(13)19-15/h2-3,6-9H,1,4-5,10-11H2,(H,20,21). The van der Waals surface area contributed by atoms with Gasteiger partial charge in [0, 0.05) is 5.39 Å². The van der Waals surface area contributed by atoms with Crippen molar-refractivity contribution in [2.24, 2.45) is 0 Å². The van der Waals surface area contributed by atoms with E-state index in [1.54, 1.807) is 6.07 Å².